The van der Waals surface area contributed by atoms with Gasteiger partial charge >= 0.3 is 0 Å². The predicted octanol–water partition coefficient (Wildman–Crippen LogP) is 4.69. The molecule has 0 aliphatic heterocycles. The van der Waals surface area contributed by atoms with Crippen molar-refractivity contribution in [2.75, 3.05) is 0 Å². The second-order valence-electron chi connectivity index (χ2n) is 7.66. The zero-order valence-electron chi connectivity index (χ0n) is 15.5. The van der Waals surface area contributed by atoms with E-state index in [0.29, 0.717) is 0 Å². The van der Waals surface area contributed by atoms with Gasteiger partial charge in [0.2, 0.25) is 0 Å². The van der Waals surface area contributed by atoms with Crippen LogP contribution in [-0.4, -0.2) is 15.7 Å². The highest BCUT2D eigenvalue weighted by Gasteiger charge is 2.24. The van der Waals surface area contributed by atoms with Gasteiger partial charge in [-0.2, -0.15) is 0 Å². The molecule has 0 heterocycles. The minimum atomic E-state index is 0.0956. The average molecular weight is 302 g/mol. The van der Waals surface area contributed by atoms with Crippen molar-refractivity contribution in [3.63, 3.8) is 0 Å². The highest BCUT2D eigenvalue weighted by molar-refractivity contribution is 7.84. The van der Waals surface area contributed by atoms with Crippen LogP contribution in [0.15, 0.2) is 45.9 Å². The summed E-state index contributed by atoms with van der Waals surface area (Å²) >= 11 is 4.86. The summed E-state index contributed by atoms with van der Waals surface area (Å²) in [5, 5.41) is 0.243. The van der Waals surface area contributed by atoms with Crippen LogP contribution in [-0.2, 0) is 0 Å². The second-order valence-corrected chi connectivity index (χ2v) is 8.11. The second kappa shape index (κ2) is 8.17. The van der Waals surface area contributed by atoms with Crippen LogP contribution in [0.2, 0.25) is 10.6 Å². The standard InChI is InChI=1S/C18H32B2S/c1-8-10-14(9-2)11-12-15(18(6,7)20)16(21)13(3)17(4,5)19/h8-10,12,21H,11,19-20H2,1-7H3/b10-8-,14-9+,15-12+,16-13-. The lowest BCUT2D eigenvalue weighted by molar-refractivity contribution is 0.771. The molecule has 0 N–H and O–H groups in total. The first-order valence-electron chi connectivity index (χ1n) is 7.84. The summed E-state index contributed by atoms with van der Waals surface area (Å²) in [6.07, 6.45) is 9.74. The van der Waals surface area contributed by atoms with E-state index in [0.717, 1.165) is 11.3 Å². The van der Waals surface area contributed by atoms with Crippen molar-refractivity contribution < 1.29 is 0 Å². The van der Waals surface area contributed by atoms with Crippen LogP contribution in [0.1, 0.15) is 54.9 Å². The Morgan fingerprint density at radius 3 is 1.90 bits per heavy atom. The summed E-state index contributed by atoms with van der Waals surface area (Å²) in [7, 11) is 4.51. The van der Waals surface area contributed by atoms with Crippen molar-refractivity contribution in [2.24, 2.45) is 0 Å². The van der Waals surface area contributed by atoms with Crippen LogP contribution in [0.3, 0.4) is 0 Å². The predicted molar refractivity (Wildman–Crippen MR) is 108 cm³/mol. The molecule has 0 amide bonds. The normalized spacial score (nSPS) is 16.4. The van der Waals surface area contributed by atoms with E-state index in [9.17, 15) is 0 Å². The Labute approximate surface area is 140 Å². The van der Waals surface area contributed by atoms with Gasteiger partial charge in [0.05, 0.1) is 0 Å². The van der Waals surface area contributed by atoms with E-state index >= 15 is 0 Å². The van der Waals surface area contributed by atoms with E-state index in [2.05, 4.69) is 88.5 Å². The van der Waals surface area contributed by atoms with Crippen molar-refractivity contribution in [1.82, 2.24) is 0 Å². The smallest absolute Gasteiger partial charge is 0.114 e. The fraction of sp³-hybridized carbons (Fsp3) is 0.556. The fourth-order valence-corrected chi connectivity index (χ4v) is 2.79. The van der Waals surface area contributed by atoms with Gasteiger partial charge in [-0.3, -0.25) is 0 Å². The molecule has 0 spiro atoms. The van der Waals surface area contributed by atoms with Crippen molar-refractivity contribution in [2.45, 2.75) is 65.5 Å². The number of allylic oxidation sites excluding steroid dienone is 7. The first-order valence-corrected chi connectivity index (χ1v) is 8.29. The van der Waals surface area contributed by atoms with E-state index in [1.807, 2.05) is 0 Å². The van der Waals surface area contributed by atoms with Gasteiger partial charge in [0.15, 0.2) is 0 Å². The third kappa shape index (κ3) is 6.82. The molecule has 0 unspecified atom stereocenters. The lowest BCUT2D eigenvalue weighted by Crippen LogP contribution is -2.12. The molecule has 0 saturated carbocycles. The number of hydrogen-bond acceptors (Lipinski definition) is 1. The van der Waals surface area contributed by atoms with Gasteiger partial charge in [0.25, 0.3) is 0 Å². The fourth-order valence-electron chi connectivity index (χ4n) is 2.03. The van der Waals surface area contributed by atoms with Crippen LogP contribution in [0, 0.1) is 0 Å². The number of thiol groups is 1. The summed E-state index contributed by atoms with van der Waals surface area (Å²) in [4.78, 5) is 1.14. The molecule has 0 aromatic rings. The van der Waals surface area contributed by atoms with E-state index in [1.165, 1.54) is 16.7 Å². The Morgan fingerprint density at radius 2 is 1.57 bits per heavy atom. The van der Waals surface area contributed by atoms with Crippen LogP contribution in [0.5, 0.6) is 0 Å². The summed E-state index contributed by atoms with van der Waals surface area (Å²) in [5.74, 6) is 0. The molecule has 0 fully saturated rings. The van der Waals surface area contributed by atoms with E-state index < -0.39 is 0 Å². The third-order valence-electron chi connectivity index (χ3n) is 3.84. The maximum atomic E-state index is 4.86. The molecule has 0 aliphatic carbocycles. The Morgan fingerprint density at radius 1 is 1.05 bits per heavy atom. The Hall–Kier alpha value is -0.560. The van der Waals surface area contributed by atoms with Gasteiger partial charge < -0.3 is 0 Å². The lowest BCUT2D eigenvalue weighted by atomic mass is 9.63. The molecular weight excluding hydrogens is 270 g/mol. The van der Waals surface area contributed by atoms with Gasteiger partial charge in [-0.15, -0.1) is 12.6 Å². The van der Waals surface area contributed by atoms with E-state index in [-0.39, 0.29) is 10.6 Å². The molecule has 0 rings (SSSR count). The zero-order valence-corrected chi connectivity index (χ0v) is 16.4. The zero-order chi connectivity index (χ0) is 16.8. The highest BCUT2D eigenvalue weighted by Crippen LogP contribution is 2.43. The summed E-state index contributed by atoms with van der Waals surface area (Å²) < 4.78 is 0. The molecule has 0 atom stereocenters. The largest absolute Gasteiger partial charge is 0.143 e. The van der Waals surface area contributed by atoms with Crippen LogP contribution in [0.25, 0.3) is 0 Å². The first kappa shape index (κ1) is 20.4. The molecule has 0 nitrogen and oxygen atoms in total. The molecule has 21 heavy (non-hydrogen) atoms. The minimum absolute atomic E-state index is 0.0956. The summed E-state index contributed by atoms with van der Waals surface area (Å²) in [5.41, 5.74) is 4.02. The molecule has 0 radical (unpaired) electrons. The lowest BCUT2D eigenvalue weighted by Gasteiger charge is -2.29. The molecular formula is C18H32B2S. The molecule has 0 bridgehead atoms. The molecule has 116 valence electrons. The first-order chi connectivity index (χ1) is 9.45. The van der Waals surface area contributed by atoms with Gasteiger partial charge in [-0.25, -0.2) is 0 Å². The Bertz CT molecular complexity index is 466. The van der Waals surface area contributed by atoms with Crippen LogP contribution < -0.4 is 0 Å². The quantitative estimate of drug-likeness (QED) is 0.411. The van der Waals surface area contributed by atoms with Crippen molar-refractivity contribution in [3.05, 3.63) is 45.9 Å². The maximum absolute atomic E-state index is 4.86. The van der Waals surface area contributed by atoms with E-state index in [1.54, 1.807) is 0 Å². The van der Waals surface area contributed by atoms with E-state index in [4.69, 9.17) is 12.6 Å². The number of rotatable bonds is 6. The maximum Gasteiger partial charge on any atom is 0.114 e. The average Bonchev–Trinajstić information content (AvgIpc) is 2.33. The minimum Gasteiger partial charge on any atom is -0.143 e. The van der Waals surface area contributed by atoms with Crippen molar-refractivity contribution in [3.8, 4) is 0 Å². The Balaban J connectivity index is 5.74. The SMILES string of the molecule is BC(C)(C)C(=C/CC(/C=C\C)=C/C)/C(S)=C(\C)C(B)(C)C. The topological polar surface area (TPSA) is 0 Å². The Kier molecular flexibility index (Phi) is 7.95. The van der Waals surface area contributed by atoms with Crippen LogP contribution >= 0.6 is 12.6 Å². The van der Waals surface area contributed by atoms with Crippen molar-refractivity contribution in [1.29, 1.82) is 0 Å². The van der Waals surface area contributed by atoms with Gasteiger partial charge in [-0.1, -0.05) is 57.6 Å². The molecule has 0 aliphatic rings. The number of hydrogen-bond donors (Lipinski definition) is 1. The van der Waals surface area contributed by atoms with Gasteiger partial charge in [-0.05, 0) is 49.0 Å². The van der Waals surface area contributed by atoms with Gasteiger partial charge in [0.1, 0.15) is 15.7 Å². The molecule has 0 saturated heterocycles. The summed E-state index contributed by atoms with van der Waals surface area (Å²) in [6.45, 7) is 15.4. The highest BCUT2D eigenvalue weighted by atomic mass is 32.1. The summed E-state index contributed by atoms with van der Waals surface area (Å²) in [6, 6.07) is 0. The van der Waals surface area contributed by atoms with Crippen LogP contribution in [0.4, 0.5) is 0 Å². The molecule has 0 aromatic heterocycles. The third-order valence-corrected chi connectivity index (χ3v) is 4.41. The molecule has 3 heteroatoms. The monoisotopic (exact) mass is 302 g/mol. The van der Waals surface area contributed by atoms with Crippen molar-refractivity contribution >= 4 is 28.3 Å². The molecule has 0 aromatic carbocycles. The van der Waals surface area contributed by atoms with Gasteiger partial charge in [0, 0.05) is 4.91 Å².